The summed E-state index contributed by atoms with van der Waals surface area (Å²) >= 11 is 0. The molecular formula is C20H23N5O2. The maximum absolute atomic E-state index is 12.9. The minimum absolute atomic E-state index is 0.226. The van der Waals surface area contributed by atoms with Crippen LogP contribution in [0.3, 0.4) is 0 Å². The summed E-state index contributed by atoms with van der Waals surface area (Å²) in [7, 11) is 0. The van der Waals surface area contributed by atoms with E-state index in [4.69, 9.17) is 5.73 Å². The summed E-state index contributed by atoms with van der Waals surface area (Å²) in [4.78, 5) is 29.0. The molecule has 0 aliphatic carbocycles. The van der Waals surface area contributed by atoms with Crippen LogP contribution in [0.25, 0.3) is 11.0 Å². The van der Waals surface area contributed by atoms with Crippen molar-refractivity contribution in [1.82, 2.24) is 20.1 Å². The highest BCUT2D eigenvalue weighted by Gasteiger charge is 2.32. The molecule has 0 fully saturated rings. The molecule has 2 aromatic heterocycles. The number of amides is 2. The molecule has 3 aromatic rings. The number of nitrogens with one attached hydrogen (secondary N) is 1. The molecule has 0 bridgehead atoms. The van der Waals surface area contributed by atoms with Crippen LogP contribution in [0.15, 0.2) is 48.7 Å². The zero-order valence-corrected chi connectivity index (χ0v) is 15.6. The van der Waals surface area contributed by atoms with E-state index in [2.05, 4.69) is 15.4 Å². The van der Waals surface area contributed by atoms with Gasteiger partial charge in [0.25, 0.3) is 5.91 Å². The smallest absolute Gasteiger partial charge is 0.273 e. The molecule has 7 heteroatoms. The molecule has 0 saturated carbocycles. The van der Waals surface area contributed by atoms with Crippen LogP contribution in [0.4, 0.5) is 0 Å². The van der Waals surface area contributed by atoms with Crippen molar-refractivity contribution in [2.75, 3.05) is 0 Å². The van der Waals surface area contributed by atoms with Crippen molar-refractivity contribution < 1.29 is 9.59 Å². The van der Waals surface area contributed by atoms with Crippen LogP contribution < -0.4 is 11.1 Å². The van der Waals surface area contributed by atoms with E-state index in [9.17, 15) is 9.59 Å². The molecule has 0 spiro atoms. The van der Waals surface area contributed by atoms with Gasteiger partial charge in [-0.2, -0.15) is 5.10 Å². The molecule has 2 amide bonds. The van der Waals surface area contributed by atoms with Crippen LogP contribution in [0.2, 0.25) is 0 Å². The van der Waals surface area contributed by atoms with Crippen LogP contribution >= 0.6 is 0 Å². The average Bonchev–Trinajstić information content (AvgIpc) is 2.98. The third kappa shape index (κ3) is 3.97. The third-order valence-corrected chi connectivity index (χ3v) is 4.32. The predicted octanol–water partition coefficient (Wildman–Crippen LogP) is 2.11. The number of hydrogen-bond acceptors (Lipinski definition) is 4. The topological polar surface area (TPSA) is 103 Å². The van der Waals surface area contributed by atoms with Gasteiger partial charge in [0.15, 0.2) is 11.3 Å². The monoisotopic (exact) mass is 365 g/mol. The Morgan fingerprint density at radius 2 is 1.85 bits per heavy atom. The van der Waals surface area contributed by atoms with E-state index < -0.39 is 23.3 Å². The van der Waals surface area contributed by atoms with E-state index in [1.54, 1.807) is 23.0 Å². The van der Waals surface area contributed by atoms with Crippen molar-refractivity contribution in [3.05, 3.63) is 59.9 Å². The molecule has 27 heavy (non-hydrogen) atoms. The van der Waals surface area contributed by atoms with E-state index in [0.29, 0.717) is 17.6 Å². The van der Waals surface area contributed by atoms with E-state index in [0.717, 1.165) is 5.56 Å². The zero-order chi connectivity index (χ0) is 19.6. The number of pyridine rings is 1. The summed E-state index contributed by atoms with van der Waals surface area (Å²) in [5.41, 5.74) is 6.85. The highest BCUT2D eigenvalue weighted by atomic mass is 16.2. The lowest BCUT2D eigenvalue weighted by atomic mass is 9.86. The van der Waals surface area contributed by atoms with Crippen LogP contribution in [-0.2, 0) is 11.3 Å². The van der Waals surface area contributed by atoms with Gasteiger partial charge in [-0.25, -0.2) is 9.67 Å². The maximum atomic E-state index is 12.9. The van der Waals surface area contributed by atoms with Crippen molar-refractivity contribution in [3.63, 3.8) is 0 Å². The summed E-state index contributed by atoms with van der Waals surface area (Å²) in [5, 5.41) is 7.82. The molecule has 0 unspecified atom stereocenters. The number of carbonyl (C=O) groups is 2. The Morgan fingerprint density at radius 3 is 2.48 bits per heavy atom. The van der Waals surface area contributed by atoms with Crippen molar-refractivity contribution >= 4 is 22.8 Å². The second kappa shape index (κ2) is 7.19. The summed E-state index contributed by atoms with van der Waals surface area (Å²) in [6, 6.07) is 12.5. The lowest BCUT2D eigenvalue weighted by molar-refractivity contribution is -0.122. The van der Waals surface area contributed by atoms with Gasteiger partial charge >= 0.3 is 0 Å². The second-order valence-electron chi connectivity index (χ2n) is 7.54. The first-order valence-corrected chi connectivity index (χ1v) is 8.73. The Bertz CT molecular complexity index is 973. The third-order valence-electron chi connectivity index (χ3n) is 4.32. The largest absolute Gasteiger partial charge is 0.368 e. The molecule has 140 valence electrons. The van der Waals surface area contributed by atoms with Crippen molar-refractivity contribution in [1.29, 1.82) is 0 Å². The highest BCUT2D eigenvalue weighted by Crippen LogP contribution is 2.21. The maximum Gasteiger partial charge on any atom is 0.273 e. The van der Waals surface area contributed by atoms with Crippen LogP contribution in [0.1, 0.15) is 36.8 Å². The van der Waals surface area contributed by atoms with Crippen LogP contribution in [0, 0.1) is 5.41 Å². The van der Waals surface area contributed by atoms with Gasteiger partial charge in [0.2, 0.25) is 5.91 Å². The Morgan fingerprint density at radius 1 is 1.15 bits per heavy atom. The summed E-state index contributed by atoms with van der Waals surface area (Å²) in [5.74, 6) is -1.03. The summed E-state index contributed by atoms with van der Waals surface area (Å²) < 4.78 is 1.69. The minimum Gasteiger partial charge on any atom is -0.368 e. The van der Waals surface area contributed by atoms with Gasteiger partial charge in [-0.1, -0.05) is 51.1 Å². The molecule has 0 aliphatic heterocycles. The second-order valence-corrected chi connectivity index (χ2v) is 7.54. The van der Waals surface area contributed by atoms with Gasteiger partial charge in [0, 0.05) is 6.20 Å². The van der Waals surface area contributed by atoms with Gasteiger partial charge in [-0.3, -0.25) is 9.59 Å². The minimum atomic E-state index is -0.809. The fourth-order valence-corrected chi connectivity index (χ4v) is 2.96. The molecule has 2 heterocycles. The number of aromatic nitrogens is 3. The normalized spacial score (nSPS) is 12.7. The number of benzene rings is 1. The molecule has 0 radical (unpaired) electrons. The molecule has 0 saturated heterocycles. The number of nitrogens with two attached hydrogens (primary N) is 1. The first-order valence-electron chi connectivity index (χ1n) is 8.73. The Balaban J connectivity index is 1.97. The number of primary amides is 1. The van der Waals surface area contributed by atoms with E-state index >= 15 is 0 Å². The van der Waals surface area contributed by atoms with E-state index in [1.165, 1.54) is 0 Å². The number of carbonyl (C=O) groups excluding carboxylic acids is 2. The van der Waals surface area contributed by atoms with E-state index in [-0.39, 0.29) is 5.69 Å². The lowest BCUT2D eigenvalue weighted by Gasteiger charge is -2.28. The van der Waals surface area contributed by atoms with Gasteiger partial charge in [0.1, 0.15) is 6.04 Å². The average molecular weight is 365 g/mol. The standard InChI is InChI=1S/C20H23N5O2/c1-20(2,3)16(17(21)26)23-19(27)15-14-10-7-11-22-18(14)25(24-15)12-13-8-5-4-6-9-13/h4-11,16H,12H2,1-3H3,(H2,21,26)(H,23,27)/t16-/m1/s1. The Hall–Kier alpha value is -3.22. The van der Waals surface area contributed by atoms with Gasteiger partial charge < -0.3 is 11.1 Å². The molecule has 1 atom stereocenters. The number of hydrogen-bond donors (Lipinski definition) is 2. The predicted molar refractivity (Wildman–Crippen MR) is 103 cm³/mol. The molecule has 1 aromatic carbocycles. The fourth-order valence-electron chi connectivity index (χ4n) is 2.96. The molecule has 3 rings (SSSR count). The number of nitrogens with zero attached hydrogens (tertiary/aromatic N) is 3. The first-order chi connectivity index (χ1) is 12.8. The van der Waals surface area contributed by atoms with Gasteiger partial charge in [-0.15, -0.1) is 0 Å². The Kier molecular flexibility index (Phi) is 4.94. The molecular weight excluding hydrogens is 342 g/mol. The van der Waals surface area contributed by atoms with Crippen molar-refractivity contribution in [2.24, 2.45) is 11.1 Å². The highest BCUT2D eigenvalue weighted by molar-refractivity contribution is 6.05. The quantitative estimate of drug-likeness (QED) is 0.723. The summed E-state index contributed by atoms with van der Waals surface area (Å²) in [6.45, 7) is 6.02. The van der Waals surface area contributed by atoms with Crippen molar-refractivity contribution in [2.45, 2.75) is 33.4 Å². The van der Waals surface area contributed by atoms with Crippen LogP contribution in [-0.4, -0.2) is 32.6 Å². The lowest BCUT2D eigenvalue weighted by Crippen LogP contribution is -2.52. The SMILES string of the molecule is CC(C)(C)[C@H](NC(=O)c1nn(Cc2ccccc2)c2ncccc12)C(N)=O. The van der Waals surface area contributed by atoms with Gasteiger partial charge in [0.05, 0.1) is 11.9 Å². The molecule has 0 aliphatic rings. The van der Waals surface area contributed by atoms with Crippen molar-refractivity contribution in [3.8, 4) is 0 Å². The van der Waals surface area contributed by atoms with Crippen LogP contribution in [0.5, 0.6) is 0 Å². The number of rotatable bonds is 5. The van der Waals surface area contributed by atoms with Gasteiger partial charge in [-0.05, 0) is 23.1 Å². The molecule has 7 nitrogen and oxygen atoms in total. The van der Waals surface area contributed by atoms with E-state index in [1.807, 2.05) is 51.1 Å². The zero-order valence-electron chi connectivity index (χ0n) is 15.6. The number of fused-ring (bicyclic) bond motifs is 1. The Labute approximate surface area is 157 Å². The first kappa shape index (κ1) is 18.6. The summed E-state index contributed by atoms with van der Waals surface area (Å²) in [6.07, 6.45) is 1.66. The molecule has 3 N–H and O–H groups in total. The fraction of sp³-hybridized carbons (Fsp3) is 0.300.